The number of hydrogen-bond acceptors (Lipinski definition) is 6. The molecule has 1 unspecified atom stereocenters. The SMILES string of the molecule is CCOc1cc(F)ccc1-c1cc(C2(N)C=C(F)C(OC)=C(N)C2)ncn1. The van der Waals surface area contributed by atoms with Crippen LogP contribution in [0.4, 0.5) is 8.78 Å². The summed E-state index contributed by atoms with van der Waals surface area (Å²) in [5, 5.41) is 0. The smallest absolute Gasteiger partial charge is 0.172 e. The van der Waals surface area contributed by atoms with Crippen molar-refractivity contribution < 1.29 is 18.3 Å². The molecule has 1 aromatic heterocycles. The number of rotatable bonds is 5. The fourth-order valence-electron chi connectivity index (χ4n) is 3.03. The van der Waals surface area contributed by atoms with Crippen molar-refractivity contribution in [2.45, 2.75) is 18.9 Å². The van der Waals surface area contributed by atoms with Gasteiger partial charge in [-0.15, -0.1) is 0 Å². The first-order chi connectivity index (χ1) is 12.9. The Morgan fingerprint density at radius 2 is 2.00 bits per heavy atom. The number of allylic oxidation sites excluding steroid dienone is 1. The summed E-state index contributed by atoms with van der Waals surface area (Å²) in [5.41, 5.74) is 12.6. The number of aromatic nitrogens is 2. The highest BCUT2D eigenvalue weighted by molar-refractivity contribution is 5.67. The van der Waals surface area contributed by atoms with E-state index in [-0.39, 0.29) is 17.9 Å². The molecule has 0 spiro atoms. The van der Waals surface area contributed by atoms with E-state index in [0.29, 0.717) is 29.3 Å². The fraction of sp³-hybridized carbons (Fsp3) is 0.263. The lowest BCUT2D eigenvalue weighted by Gasteiger charge is -2.30. The summed E-state index contributed by atoms with van der Waals surface area (Å²) < 4.78 is 38.3. The van der Waals surface area contributed by atoms with Gasteiger partial charge >= 0.3 is 0 Å². The second-order valence-electron chi connectivity index (χ2n) is 6.13. The number of nitrogens with zero attached hydrogens (tertiary/aromatic N) is 2. The highest BCUT2D eigenvalue weighted by Crippen LogP contribution is 2.37. The van der Waals surface area contributed by atoms with Crippen LogP contribution in [0.1, 0.15) is 19.0 Å². The minimum Gasteiger partial charge on any atom is -0.493 e. The zero-order valence-electron chi connectivity index (χ0n) is 15.0. The van der Waals surface area contributed by atoms with Crippen LogP contribution < -0.4 is 16.2 Å². The van der Waals surface area contributed by atoms with Gasteiger partial charge in [0.25, 0.3) is 0 Å². The zero-order chi connectivity index (χ0) is 19.6. The van der Waals surface area contributed by atoms with Crippen LogP contribution in [-0.2, 0) is 10.3 Å². The first kappa shape index (κ1) is 18.8. The van der Waals surface area contributed by atoms with Gasteiger partial charge in [0.2, 0.25) is 0 Å². The predicted octanol–water partition coefficient (Wildman–Crippen LogP) is 2.91. The van der Waals surface area contributed by atoms with E-state index in [4.69, 9.17) is 20.9 Å². The third-order valence-corrected chi connectivity index (χ3v) is 4.24. The second-order valence-corrected chi connectivity index (χ2v) is 6.13. The van der Waals surface area contributed by atoms with Gasteiger partial charge in [0.1, 0.15) is 17.9 Å². The highest BCUT2D eigenvalue weighted by atomic mass is 19.1. The van der Waals surface area contributed by atoms with Gasteiger partial charge < -0.3 is 20.9 Å². The van der Waals surface area contributed by atoms with Crippen molar-refractivity contribution in [2.24, 2.45) is 11.5 Å². The Labute approximate surface area is 155 Å². The lowest BCUT2D eigenvalue weighted by atomic mass is 9.85. The van der Waals surface area contributed by atoms with Gasteiger partial charge in [0.05, 0.1) is 36.3 Å². The summed E-state index contributed by atoms with van der Waals surface area (Å²) in [6.45, 7) is 2.16. The van der Waals surface area contributed by atoms with Crippen LogP contribution in [0.25, 0.3) is 11.3 Å². The molecule has 4 N–H and O–H groups in total. The van der Waals surface area contributed by atoms with Crippen molar-refractivity contribution in [1.82, 2.24) is 9.97 Å². The number of hydrogen-bond donors (Lipinski definition) is 2. The summed E-state index contributed by atoms with van der Waals surface area (Å²) in [7, 11) is 1.34. The van der Waals surface area contributed by atoms with Gasteiger partial charge in [-0.1, -0.05) is 0 Å². The molecule has 0 bridgehead atoms. The molecule has 27 heavy (non-hydrogen) atoms. The average Bonchev–Trinajstić information content (AvgIpc) is 2.62. The van der Waals surface area contributed by atoms with Crippen molar-refractivity contribution in [3.8, 4) is 17.0 Å². The largest absolute Gasteiger partial charge is 0.493 e. The molecule has 0 fully saturated rings. The van der Waals surface area contributed by atoms with Gasteiger partial charge in [-0.25, -0.2) is 18.7 Å². The van der Waals surface area contributed by atoms with Crippen LogP contribution in [0.2, 0.25) is 0 Å². The Morgan fingerprint density at radius 1 is 1.22 bits per heavy atom. The van der Waals surface area contributed by atoms with Crippen LogP contribution in [0, 0.1) is 5.82 Å². The standard InChI is InChI=1S/C19H20F2N4O2/c1-3-27-16-6-11(20)4-5-12(16)15-7-17(25-10-24-15)19(23)8-13(21)18(26-2)14(22)9-19/h4-8,10H,3,9,22-23H2,1-2H3. The first-order valence-corrected chi connectivity index (χ1v) is 8.33. The molecule has 3 rings (SSSR count). The Hall–Kier alpha value is -3.00. The van der Waals surface area contributed by atoms with Crippen molar-refractivity contribution >= 4 is 0 Å². The lowest BCUT2D eigenvalue weighted by molar-refractivity contribution is 0.266. The van der Waals surface area contributed by atoms with E-state index >= 15 is 0 Å². The third-order valence-electron chi connectivity index (χ3n) is 4.24. The molecule has 8 heteroatoms. The minimum atomic E-state index is -1.26. The van der Waals surface area contributed by atoms with Crippen LogP contribution in [0.5, 0.6) is 5.75 Å². The van der Waals surface area contributed by atoms with E-state index in [1.54, 1.807) is 19.1 Å². The quantitative estimate of drug-likeness (QED) is 0.835. The Balaban J connectivity index is 2.04. The molecule has 1 aliphatic carbocycles. The van der Waals surface area contributed by atoms with E-state index in [0.717, 1.165) is 0 Å². The van der Waals surface area contributed by atoms with E-state index in [1.165, 1.54) is 31.6 Å². The van der Waals surface area contributed by atoms with Crippen LogP contribution in [-0.4, -0.2) is 23.7 Å². The Morgan fingerprint density at radius 3 is 2.67 bits per heavy atom. The van der Waals surface area contributed by atoms with E-state index in [9.17, 15) is 8.78 Å². The normalized spacial score (nSPS) is 19.7. The van der Waals surface area contributed by atoms with E-state index in [1.807, 2.05) is 0 Å². The molecule has 0 radical (unpaired) electrons. The zero-order valence-corrected chi connectivity index (χ0v) is 15.0. The summed E-state index contributed by atoms with van der Waals surface area (Å²) in [6.07, 6.45) is 2.67. The number of methoxy groups -OCH3 is 1. The molecule has 0 saturated heterocycles. The Kier molecular flexibility index (Phi) is 5.09. The topological polar surface area (TPSA) is 96.3 Å². The van der Waals surface area contributed by atoms with Gasteiger partial charge in [-0.05, 0) is 31.2 Å². The molecular formula is C19H20F2N4O2. The fourth-order valence-corrected chi connectivity index (χ4v) is 3.03. The average molecular weight is 374 g/mol. The van der Waals surface area contributed by atoms with Gasteiger partial charge in [-0.3, -0.25) is 0 Å². The van der Waals surface area contributed by atoms with Crippen molar-refractivity contribution in [1.29, 1.82) is 0 Å². The number of benzene rings is 1. The van der Waals surface area contributed by atoms with Gasteiger partial charge in [0, 0.05) is 18.1 Å². The van der Waals surface area contributed by atoms with Crippen LogP contribution in [0.3, 0.4) is 0 Å². The van der Waals surface area contributed by atoms with Crippen LogP contribution in [0.15, 0.2) is 54.0 Å². The summed E-state index contributed by atoms with van der Waals surface area (Å²) in [5.74, 6) is -0.753. The van der Waals surface area contributed by atoms with Gasteiger partial charge in [0.15, 0.2) is 11.6 Å². The number of ether oxygens (including phenoxy) is 2. The highest BCUT2D eigenvalue weighted by Gasteiger charge is 2.35. The second kappa shape index (κ2) is 7.32. The Bertz CT molecular complexity index is 930. The minimum absolute atomic E-state index is 0.0254. The molecule has 6 nitrogen and oxygen atoms in total. The maximum absolute atomic E-state index is 14.3. The molecule has 0 aliphatic heterocycles. The lowest BCUT2D eigenvalue weighted by Crippen LogP contribution is -2.39. The van der Waals surface area contributed by atoms with E-state index in [2.05, 4.69) is 9.97 Å². The molecular weight excluding hydrogens is 354 g/mol. The molecule has 1 atom stereocenters. The van der Waals surface area contributed by atoms with E-state index < -0.39 is 17.2 Å². The maximum atomic E-state index is 14.3. The number of nitrogens with two attached hydrogens (primary N) is 2. The molecule has 1 aliphatic rings. The van der Waals surface area contributed by atoms with Gasteiger partial charge in [-0.2, -0.15) is 0 Å². The van der Waals surface area contributed by atoms with Crippen molar-refractivity contribution in [3.63, 3.8) is 0 Å². The molecule has 1 heterocycles. The summed E-state index contributed by atoms with van der Waals surface area (Å²) in [4.78, 5) is 8.42. The summed E-state index contributed by atoms with van der Waals surface area (Å²) in [6, 6.07) is 5.77. The maximum Gasteiger partial charge on any atom is 0.172 e. The monoisotopic (exact) mass is 374 g/mol. The molecule has 0 saturated carbocycles. The molecule has 1 aromatic carbocycles. The van der Waals surface area contributed by atoms with Crippen molar-refractivity contribution in [3.05, 3.63) is 65.5 Å². The third kappa shape index (κ3) is 3.61. The van der Waals surface area contributed by atoms with Crippen molar-refractivity contribution in [2.75, 3.05) is 13.7 Å². The summed E-state index contributed by atoms with van der Waals surface area (Å²) >= 11 is 0. The number of halogens is 2. The van der Waals surface area contributed by atoms with Crippen LogP contribution >= 0.6 is 0 Å². The first-order valence-electron chi connectivity index (χ1n) is 8.33. The molecule has 2 aromatic rings. The molecule has 142 valence electrons. The molecule has 0 amide bonds. The predicted molar refractivity (Wildman–Crippen MR) is 96.5 cm³/mol.